The second kappa shape index (κ2) is 7.69. The van der Waals surface area contributed by atoms with Crippen LogP contribution < -0.4 is 4.74 Å². The van der Waals surface area contributed by atoms with Crippen molar-refractivity contribution in [1.29, 1.82) is 0 Å². The smallest absolute Gasteiger partial charge is 0.227 e. The van der Waals surface area contributed by atoms with E-state index < -0.39 is 0 Å². The molecule has 2 rings (SSSR count). The normalized spacial score (nSPS) is 14.9. The molecule has 132 valence electrons. The van der Waals surface area contributed by atoms with E-state index in [4.69, 9.17) is 4.74 Å². The monoisotopic (exact) mass is 332 g/mol. The van der Waals surface area contributed by atoms with Crippen molar-refractivity contribution in [3.63, 3.8) is 0 Å². The summed E-state index contributed by atoms with van der Waals surface area (Å²) >= 11 is 0. The van der Waals surface area contributed by atoms with Gasteiger partial charge in [0.1, 0.15) is 5.75 Å². The number of carbonyl (C=O) groups excluding carboxylic acids is 2. The molecule has 0 spiro atoms. The van der Waals surface area contributed by atoms with Crippen LogP contribution in [0.15, 0.2) is 12.1 Å². The SMILES string of the molecule is COc1cc(C)c(C)cc1CC(=O)N1CCN(C(=O)C(C)C)CC1. The number of methoxy groups -OCH3 is 1. The Hall–Kier alpha value is -2.04. The topological polar surface area (TPSA) is 49.9 Å². The Morgan fingerprint density at radius 2 is 1.58 bits per heavy atom. The molecular formula is C19H28N2O3. The van der Waals surface area contributed by atoms with Gasteiger partial charge < -0.3 is 14.5 Å². The number of carbonyl (C=O) groups is 2. The molecular weight excluding hydrogens is 304 g/mol. The highest BCUT2D eigenvalue weighted by Gasteiger charge is 2.25. The van der Waals surface area contributed by atoms with Crippen LogP contribution >= 0.6 is 0 Å². The van der Waals surface area contributed by atoms with Crippen molar-refractivity contribution in [1.82, 2.24) is 9.80 Å². The molecule has 0 radical (unpaired) electrons. The first-order valence-electron chi connectivity index (χ1n) is 8.54. The van der Waals surface area contributed by atoms with Gasteiger partial charge in [0.25, 0.3) is 0 Å². The number of amides is 2. The van der Waals surface area contributed by atoms with Crippen molar-refractivity contribution in [2.45, 2.75) is 34.1 Å². The lowest BCUT2D eigenvalue weighted by Gasteiger charge is -2.35. The zero-order chi connectivity index (χ0) is 17.9. The third kappa shape index (κ3) is 4.08. The van der Waals surface area contributed by atoms with E-state index in [1.165, 1.54) is 0 Å². The predicted octanol–water partition coefficient (Wildman–Crippen LogP) is 2.18. The Balaban J connectivity index is 2.00. The van der Waals surface area contributed by atoms with E-state index >= 15 is 0 Å². The average molecular weight is 332 g/mol. The molecule has 5 nitrogen and oxygen atoms in total. The average Bonchev–Trinajstić information content (AvgIpc) is 2.57. The molecule has 1 fully saturated rings. The minimum Gasteiger partial charge on any atom is -0.496 e. The van der Waals surface area contributed by atoms with Crippen LogP contribution in [0.25, 0.3) is 0 Å². The molecule has 1 aromatic rings. The van der Waals surface area contributed by atoms with Gasteiger partial charge in [0.2, 0.25) is 11.8 Å². The molecule has 1 aliphatic heterocycles. The van der Waals surface area contributed by atoms with Crippen LogP contribution in [-0.4, -0.2) is 54.9 Å². The van der Waals surface area contributed by atoms with Crippen LogP contribution in [-0.2, 0) is 16.0 Å². The Morgan fingerprint density at radius 3 is 2.12 bits per heavy atom. The maximum Gasteiger partial charge on any atom is 0.227 e. The zero-order valence-corrected chi connectivity index (χ0v) is 15.4. The summed E-state index contributed by atoms with van der Waals surface area (Å²) in [5, 5.41) is 0. The first-order valence-corrected chi connectivity index (χ1v) is 8.54. The molecule has 1 heterocycles. The molecule has 0 aliphatic carbocycles. The van der Waals surface area contributed by atoms with Gasteiger partial charge in [-0.3, -0.25) is 9.59 Å². The summed E-state index contributed by atoms with van der Waals surface area (Å²) in [6.07, 6.45) is 0.336. The molecule has 0 atom stereocenters. The maximum atomic E-state index is 12.6. The third-order valence-electron chi connectivity index (χ3n) is 4.68. The van der Waals surface area contributed by atoms with Crippen LogP contribution in [0.1, 0.15) is 30.5 Å². The molecule has 1 saturated heterocycles. The fourth-order valence-electron chi connectivity index (χ4n) is 2.99. The van der Waals surface area contributed by atoms with E-state index in [1.54, 1.807) is 7.11 Å². The first kappa shape index (κ1) is 18.3. The van der Waals surface area contributed by atoms with Crippen LogP contribution in [0.4, 0.5) is 0 Å². The molecule has 5 heteroatoms. The van der Waals surface area contributed by atoms with Crippen molar-refractivity contribution in [3.05, 3.63) is 28.8 Å². The van der Waals surface area contributed by atoms with Crippen molar-refractivity contribution in [2.24, 2.45) is 5.92 Å². The highest BCUT2D eigenvalue weighted by molar-refractivity contribution is 5.81. The van der Waals surface area contributed by atoms with Gasteiger partial charge >= 0.3 is 0 Å². The van der Waals surface area contributed by atoms with E-state index in [9.17, 15) is 9.59 Å². The van der Waals surface area contributed by atoms with Crippen molar-refractivity contribution >= 4 is 11.8 Å². The van der Waals surface area contributed by atoms with E-state index in [-0.39, 0.29) is 17.7 Å². The number of piperazine rings is 1. The number of ether oxygens (including phenoxy) is 1. The third-order valence-corrected chi connectivity index (χ3v) is 4.68. The summed E-state index contributed by atoms with van der Waals surface area (Å²) in [5.74, 6) is 1.03. The second-order valence-corrected chi connectivity index (χ2v) is 6.79. The lowest BCUT2D eigenvalue weighted by Crippen LogP contribution is -2.51. The molecule has 0 N–H and O–H groups in total. The van der Waals surface area contributed by atoms with Gasteiger partial charge in [-0.05, 0) is 31.0 Å². The van der Waals surface area contributed by atoms with Crippen molar-refractivity contribution < 1.29 is 14.3 Å². The molecule has 1 aliphatic rings. The quantitative estimate of drug-likeness (QED) is 0.849. The Bertz CT molecular complexity index is 617. The number of nitrogens with zero attached hydrogens (tertiary/aromatic N) is 2. The van der Waals surface area contributed by atoms with Crippen LogP contribution in [0.2, 0.25) is 0 Å². The number of hydrogen-bond acceptors (Lipinski definition) is 3. The Kier molecular flexibility index (Phi) is 5.86. The van der Waals surface area contributed by atoms with Crippen molar-refractivity contribution in [3.8, 4) is 5.75 Å². The summed E-state index contributed by atoms with van der Waals surface area (Å²) < 4.78 is 5.42. The summed E-state index contributed by atoms with van der Waals surface area (Å²) in [7, 11) is 1.63. The first-order chi connectivity index (χ1) is 11.3. The predicted molar refractivity (Wildman–Crippen MR) is 94.2 cm³/mol. The highest BCUT2D eigenvalue weighted by atomic mass is 16.5. The lowest BCUT2D eigenvalue weighted by molar-refractivity contribution is -0.141. The Labute approximate surface area is 144 Å². The van der Waals surface area contributed by atoms with E-state index in [0.717, 1.165) is 22.4 Å². The second-order valence-electron chi connectivity index (χ2n) is 6.79. The minimum absolute atomic E-state index is 0.00652. The molecule has 0 saturated carbocycles. The molecule has 1 aromatic carbocycles. The molecule has 24 heavy (non-hydrogen) atoms. The van der Waals surface area contributed by atoms with Gasteiger partial charge in [-0.1, -0.05) is 19.9 Å². The maximum absolute atomic E-state index is 12.6. The van der Waals surface area contributed by atoms with Crippen molar-refractivity contribution in [2.75, 3.05) is 33.3 Å². The van der Waals surface area contributed by atoms with E-state index in [1.807, 2.05) is 49.6 Å². The van der Waals surface area contributed by atoms with Crippen LogP contribution in [0.5, 0.6) is 5.75 Å². The largest absolute Gasteiger partial charge is 0.496 e. The van der Waals surface area contributed by atoms with Gasteiger partial charge in [0, 0.05) is 37.7 Å². The fourth-order valence-corrected chi connectivity index (χ4v) is 2.99. The standard InChI is InChI=1S/C19H28N2O3/c1-13(2)19(23)21-8-6-20(7-9-21)18(22)12-16-10-14(3)15(4)11-17(16)24-5/h10-11,13H,6-9,12H2,1-5H3. The van der Waals surface area contributed by atoms with Crippen LogP contribution in [0.3, 0.4) is 0 Å². The number of rotatable bonds is 4. The van der Waals surface area contributed by atoms with Gasteiger partial charge in [-0.25, -0.2) is 0 Å². The minimum atomic E-state index is 0.00652. The van der Waals surface area contributed by atoms with Gasteiger partial charge in [-0.15, -0.1) is 0 Å². The summed E-state index contributed by atoms with van der Waals surface area (Å²) in [5.41, 5.74) is 3.24. The summed E-state index contributed by atoms with van der Waals surface area (Å²) in [4.78, 5) is 28.3. The highest BCUT2D eigenvalue weighted by Crippen LogP contribution is 2.24. The van der Waals surface area contributed by atoms with Gasteiger partial charge in [0.05, 0.1) is 13.5 Å². The Morgan fingerprint density at radius 1 is 1.04 bits per heavy atom. The van der Waals surface area contributed by atoms with E-state index in [2.05, 4.69) is 0 Å². The molecule has 2 amide bonds. The lowest BCUT2D eigenvalue weighted by atomic mass is 10.0. The summed E-state index contributed by atoms with van der Waals surface area (Å²) in [6.45, 7) is 10.3. The molecule has 0 aromatic heterocycles. The number of benzene rings is 1. The number of hydrogen-bond donors (Lipinski definition) is 0. The molecule has 0 bridgehead atoms. The zero-order valence-electron chi connectivity index (χ0n) is 15.4. The molecule has 0 unspecified atom stereocenters. The van der Waals surface area contributed by atoms with Crippen LogP contribution in [0, 0.1) is 19.8 Å². The van der Waals surface area contributed by atoms with Gasteiger partial charge in [0.15, 0.2) is 0 Å². The number of aryl methyl sites for hydroxylation is 2. The van der Waals surface area contributed by atoms with Gasteiger partial charge in [-0.2, -0.15) is 0 Å². The summed E-state index contributed by atoms with van der Waals surface area (Å²) in [6, 6.07) is 4.02. The van der Waals surface area contributed by atoms with E-state index in [0.29, 0.717) is 32.6 Å². The fraction of sp³-hybridized carbons (Fsp3) is 0.579.